The van der Waals surface area contributed by atoms with Crippen molar-refractivity contribution in [3.8, 4) is 11.4 Å². The zero-order valence-corrected chi connectivity index (χ0v) is 19.0. The molecule has 0 saturated heterocycles. The van der Waals surface area contributed by atoms with E-state index in [1.54, 1.807) is 0 Å². The van der Waals surface area contributed by atoms with Gasteiger partial charge in [0.05, 0.1) is 5.02 Å². The van der Waals surface area contributed by atoms with Crippen LogP contribution in [0, 0.1) is 12.7 Å². The summed E-state index contributed by atoms with van der Waals surface area (Å²) in [6.07, 6.45) is -1.56. The average Bonchev–Trinajstić information content (AvgIpc) is 2.95. The fraction of sp³-hybridized carbons (Fsp3) is 0.438. The van der Waals surface area contributed by atoms with Crippen molar-refractivity contribution < 1.29 is 27.4 Å². The molecule has 1 unspecified atom stereocenters. The highest BCUT2D eigenvalue weighted by atomic mass is 79.9. The lowest BCUT2D eigenvalue weighted by Gasteiger charge is -2.19. The summed E-state index contributed by atoms with van der Waals surface area (Å²) in [6, 6.07) is 1.82. The molecule has 0 fully saturated rings. The highest BCUT2D eigenvalue weighted by Crippen LogP contribution is 2.30. The van der Waals surface area contributed by atoms with Gasteiger partial charge in [0.1, 0.15) is 23.4 Å². The van der Waals surface area contributed by atoms with Crippen LogP contribution >= 0.6 is 43.5 Å². The van der Waals surface area contributed by atoms with Gasteiger partial charge >= 0.3 is 18.2 Å². The Balaban J connectivity index is 2.37. The van der Waals surface area contributed by atoms with Crippen molar-refractivity contribution in [2.75, 3.05) is 10.7 Å². The maximum Gasteiger partial charge on any atom is 0.355 e. The Bertz CT molecular complexity index is 950. The standard InChI is InChI=1S/C16H15Br2ClF3N3O4/c1-7(14(26)29-9(5-17)6-18)28-13-4-12(11(20)3-10(13)19)25-16(27)24(15(21)22)8(2)23-25/h3-4,7,9,15H,5-6H2,1-2H3. The zero-order valence-electron chi connectivity index (χ0n) is 15.0. The van der Waals surface area contributed by atoms with Gasteiger partial charge in [-0.3, -0.25) is 0 Å². The molecule has 0 aliphatic carbocycles. The van der Waals surface area contributed by atoms with Crippen LogP contribution in [-0.4, -0.2) is 43.2 Å². The van der Waals surface area contributed by atoms with Crippen LogP contribution in [0.1, 0.15) is 19.3 Å². The second-order valence-corrected chi connectivity index (χ2v) is 7.45. The van der Waals surface area contributed by atoms with E-state index in [1.807, 2.05) is 0 Å². The molecule has 0 saturated carbocycles. The molecule has 2 aromatic rings. The number of rotatable bonds is 8. The van der Waals surface area contributed by atoms with Gasteiger partial charge < -0.3 is 9.47 Å². The molecule has 0 amide bonds. The van der Waals surface area contributed by atoms with Crippen molar-refractivity contribution in [1.82, 2.24) is 14.3 Å². The molecule has 7 nitrogen and oxygen atoms in total. The van der Waals surface area contributed by atoms with E-state index in [0.717, 1.165) is 12.1 Å². The van der Waals surface area contributed by atoms with Crippen LogP contribution in [0.25, 0.3) is 5.69 Å². The first-order valence-corrected chi connectivity index (χ1v) is 10.7. The monoisotopic (exact) mass is 563 g/mol. The second-order valence-electron chi connectivity index (χ2n) is 5.75. The van der Waals surface area contributed by atoms with Gasteiger partial charge in [-0.05, 0) is 19.9 Å². The first-order valence-electron chi connectivity index (χ1n) is 8.05. The number of benzene rings is 1. The summed E-state index contributed by atoms with van der Waals surface area (Å²) in [5.74, 6) is -2.16. The molecule has 1 aromatic carbocycles. The summed E-state index contributed by atoms with van der Waals surface area (Å²) < 4.78 is 51.6. The molecule has 2 rings (SSSR count). The summed E-state index contributed by atoms with van der Waals surface area (Å²) in [5.41, 5.74) is -1.70. The molecule has 1 heterocycles. The Morgan fingerprint density at radius 2 is 1.93 bits per heavy atom. The van der Waals surface area contributed by atoms with E-state index in [9.17, 15) is 22.8 Å². The largest absolute Gasteiger partial charge is 0.477 e. The van der Waals surface area contributed by atoms with E-state index in [0.29, 0.717) is 15.3 Å². The van der Waals surface area contributed by atoms with Crippen LogP contribution in [0.15, 0.2) is 16.9 Å². The predicted molar refractivity (Wildman–Crippen MR) is 106 cm³/mol. The number of aryl methyl sites for hydroxylation is 1. The Labute approximate surface area is 185 Å². The van der Waals surface area contributed by atoms with E-state index in [-0.39, 0.29) is 21.2 Å². The maximum absolute atomic E-state index is 14.4. The summed E-state index contributed by atoms with van der Waals surface area (Å²) in [5, 5.41) is 4.25. The van der Waals surface area contributed by atoms with Crippen molar-refractivity contribution in [1.29, 1.82) is 0 Å². The maximum atomic E-state index is 14.4. The number of hydrogen-bond donors (Lipinski definition) is 0. The van der Waals surface area contributed by atoms with E-state index in [1.165, 1.54) is 13.8 Å². The molecule has 1 atom stereocenters. The Morgan fingerprint density at radius 1 is 1.31 bits per heavy atom. The lowest BCUT2D eigenvalue weighted by Crippen LogP contribution is -2.31. The number of carbonyl (C=O) groups is 1. The summed E-state index contributed by atoms with van der Waals surface area (Å²) in [6.45, 7) is -0.574. The third-order valence-corrected chi connectivity index (χ3v) is 5.41. The fourth-order valence-electron chi connectivity index (χ4n) is 2.23. The van der Waals surface area contributed by atoms with Crippen molar-refractivity contribution in [2.24, 2.45) is 0 Å². The summed E-state index contributed by atoms with van der Waals surface area (Å²) in [7, 11) is 0. The molecule has 13 heteroatoms. The molecule has 0 spiro atoms. The molecule has 29 heavy (non-hydrogen) atoms. The number of carbonyl (C=O) groups excluding carboxylic acids is 1. The van der Waals surface area contributed by atoms with E-state index >= 15 is 0 Å². The molecule has 160 valence electrons. The number of halogens is 6. The molecule has 0 bridgehead atoms. The van der Waals surface area contributed by atoms with E-state index < -0.39 is 41.9 Å². The van der Waals surface area contributed by atoms with Gasteiger partial charge in [-0.2, -0.15) is 13.5 Å². The topological polar surface area (TPSA) is 75.4 Å². The van der Waals surface area contributed by atoms with Crippen LogP contribution in [-0.2, 0) is 9.53 Å². The molecule has 0 radical (unpaired) electrons. The first-order chi connectivity index (χ1) is 13.6. The number of aromatic nitrogens is 3. The Kier molecular flexibility index (Phi) is 8.18. The van der Waals surface area contributed by atoms with Crippen LogP contribution in [0.5, 0.6) is 5.75 Å². The lowest BCUT2D eigenvalue weighted by atomic mass is 10.2. The van der Waals surface area contributed by atoms with Gasteiger partial charge in [-0.15, -0.1) is 5.10 Å². The Morgan fingerprint density at radius 3 is 2.45 bits per heavy atom. The van der Waals surface area contributed by atoms with Gasteiger partial charge in [0, 0.05) is 16.7 Å². The van der Waals surface area contributed by atoms with Gasteiger partial charge in [0.2, 0.25) is 0 Å². The van der Waals surface area contributed by atoms with Crippen LogP contribution in [0.4, 0.5) is 13.2 Å². The summed E-state index contributed by atoms with van der Waals surface area (Å²) in [4.78, 5) is 24.3. The number of nitrogens with zero attached hydrogens (tertiary/aromatic N) is 3. The number of ether oxygens (including phenoxy) is 2. The van der Waals surface area contributed by atoms with Gasteiger partial charge in [0.25, 0.3) is 0 Å². The minimum atomic E-state index is -3.14. The third kappa shape index (κ3) is 5.34. The highest BCUT2D eigenvalue weighted by molar-refractivity contribution is 9.09. The molecule has 1 aromatic heterocycles. The molecule has 0 aliphatic heterocycles. The zero-order chi connectivity index (χ0) is 21.9. The van der Waals surface area contributed by atoms with Gasteiger partial charge in [-0.25, -0.2) is 18.5 Å². The van der Waals surface area contributed by atoms with Crippen molar-refractivity contribution in [3.05, 3.63) is 39.3 Å². The highest BCUT2D eigenvalue weighted by Gasteiger charge is 2.24. The predicted octanol–water partition coefficient (Wildman–Crippen LogP) is 4.00. The lowest BCUT2D eigenvalue weighted by molar-refractivity contribution is -0.154. The third-order valence-electron chi connectivity index (χ3n) is 3.67. The number of esters is 1. The number of alkyl halides is 4. The van der Waals surface area contributed by atoms with Crippen molar-refractivity contribution in [3.63, 3.8) is 0 Å². The molecular formula is C16H15Br2ClF3N3O4. The number of hydrogen-bond acceptors (Lipinski definition) is 5. The molecule has 0 N–H and O–H groups in total. The van der Waals surface area contributed by atoms with Gasteiger partial charge in [0.15, 0.2) is 11.9 Å². The van der Waals surface area contributed by atoms with Crippen LogP contribution < -0.4 is 10.4 Å². The molecule has 0 aliphatic rings. The first kappa shape index (κ1) is 23.7. The second kappa shape index (κ2) is 9.98. The minimum Gasteiger partial charge on any atom is -0.477 e. The smallest absolute Gasteiger partial charge is 0.355 e. The van der Waals surface area contributed by atoms with Crippen LogP contribution in [0.3, 0.4) is 0 Å². The SMILES string of the molecule is Cc1nn(-c2cc(OC(C)C(=O)OC(CBr)CBr)c(Cl)cc2F)c(=O)n1C(F)F. The quantitative estimate of drug-likeness (QED) is 0.358. The van der Waals surface area contributed by atoms with Gasteiger partial charge in [-0.1, -0.05) is 43.5 Å². The van der Waals surface area contributed by atoms with Crippen molar-refractivity contribution in [2.45, 2.75) is 32.6 Å². The van der Waals surface area contributed by atoms with E-state index in [4.69, 9.17) is 21.1 Å². The molecular weight excluding hydrogens is 550 g/mol. The van der Waals surface area contributed by atoms with Crippen molar-refractivity contribution >= 4 is 49.4 Å². The summed E-state index contributed by atoms with van der Waals surface area (Å²) >= 11 is 12.3. The van der Waals surface area contributed by atoms with E-state index in [2.05, 4.69) is 37.0 Å². The van der Waals surface area contributed by atoms with Crippen LogP contribution in [0.2, 0.25) is 5.02 Å². The minimum absolute atomic E-state index is 0.106. The fourth-order valence-corrected chi connectivity index (χ4v) is 3.76. The normalized spacial score (nSPS) is 12.5. The Hall–Kier alpha value is -1.53. The average molecular weight is 566 g/mol.